The molecular weight excluding hydrogens is 320 g/mol. The topological polar surface area (TPSA) is 188 Å². The number of carboxylic acids is 1. The maximum Gasteiger partial charge on any atom is 0.328 e. The van der Waals surface area contributed by atoms with Gasteiger partial charge in [0.15, 0.2) is 6.04 Å². The van der Waals surface area contributed by atoms with Crippen molar-refractivity contribution in [2.75, 3.05) is 6.54 Å². The average molecular weight is 348 g/mol. The molecule has 5 unspecified atom stereocenters. The van der Waals surface area contributed by atoms with Gasteiger partial charge in [-0.3, -0.25) is 9.59 Å². The molecule has 0 saturated heterocycles. The zero-order valence-corrected chi connectivity index (χ0v) is 13.9. The average Bonchev–Trinajstić information content (AvgIpc) is 2.49. The van der Waals surface area contributed by atoms with Gasteiger partial charge in [-0.1, -0.05) is 0 Å². The molecule has 0 heterocycles. The fourth-order valence-corrected chi connectivity index (χ4v) is 1.89. The van der Waals surface area contributed by atoms with Crippen molar-refractivity contribution < 1.29 is 29.7 Å². The highest BCUT2D eigenvalue weighted by Crippen LogP contribution is 2.04. The van der Waals surface area contributed by atoms with E-state index in [0.717, 1.165) is 0 Å². The number of hydrogen-bond acceptors (Lipinski definition) is 7. The lowest BCUT2D eigenvalue weighted by atomic mass is 10.1. The number of carbonyl (C=O) groups is 3. The van der Waals surface area contributed by atoms with Crippen LogP contribution in [0.2, 0.25) is 0 Å². The molecule has 0 spiro atoms. The molecular formula is C14H28N4O6. The van der Waals surface area contributed by atoms with Gasteiger partial charge in [-0.25, -0.2) is 4.79 Å². The predicted molar refractivity (Wildman–Crippen MR) is 85.7 cm³/mol. The van der Waals surface area contributed by atoms with Crippen LogP contribution in [0.1, 0.15) is 33.1 Å². The van der Waals surface area contributed by atoms with E-state index < -0.39 is 48.1 Å². The molecule has 10 heteroatoms. The minimum atomic E-state index is -1.50. The molecule has 140 valence electrons. The van der Waals surface area contributed by atoms with Gasteiger partial charge in [-0.05, 0) is 39.7 Å². The molecule has 5 atom stereocenters. The number of aliphatic hydroxyl groups is 2. The smallest absolute Gasteiger partial charge is 0.328 e. The molecule has 0 aromatic rings. The van der Waals surface area contributed by atoms with E-state index in [1.165, 1.54) is 13.8 Å². The fourth-order valence-electron chi connectivity index (χ4n) is 1.89. The molecule has 0 fully saturated rings. The van der Waals surface area contributed by atoms with E-state index in [4.69, 9.17) is 16.6 Å². The molecule has 0 rings (SSSR count). The first kappa shape index (κ1) is 22.2. The Kier molecular flexibility index (Phi) is 10.1. The standard InChI is InChI=1S/C14H28N4O6/c1-7(19)10(16)13(22)17-9(5-3-4-6-15)12(21)18-11(8(2)20)14(23)24/h7-11,19-20H,3-6,15-16H2,1-2H3,(H,17,22)(H,18,21)(H,23,24). The Morgan fingerprint density at radius 3 is 2.00 bits per heavy atom. The first-order chi connectivity index (χ1) is 11.1. The van der Waals surface area contributed by atoms with E-state index in [0.29, 0.717) is 19.4 Å². The molecule has 0 aliphatic carbocycles. The minimum Gasteiger partial charge on any atom is -0.480 e. The first-order valence-electron chi connectivity index (χ1n) is 7.77. The molecule has 0 aliphatic heterocycles. The molecule has 0 bridgehead atoms. The Balaban J connectivity index is 5.00. The summed E-state index contributed by atoms with van der Waals surface area (Å²) in [5, 5.41) is 32.3. The number of carbonyl (C=O) groups excluding carboxylic acids is 2. The van der Waals surface area contributed by atoms with Crippen LogP contribution in [0, 0.1) is 0 Å². The third-order valence-electron chi connectivity index (χ3n) is 3.45. The van der Waals surface area contributed by atoms with Crippen LogP contribution in [0.25, 0.3) is 0 Å². The maximum atomic E-state index is 12.2. The lowest BCUT2D eigenvalue weighted by molar-refractivity contribution is -0.145. The SMILES string of the molecule is CC(O)C(N)C(=O)NC(CCCCN)C(=O)NC(C(=O)O)C(C)O. The Hall–Kier alpha value is -1.75. The largest absolute Gasteiger partial charge is 0.480 e. The molecule has 10 nitrogen and oxygen atoms in total. The van der Waals surface area contributed by atoms with Crippen molar-refractivity contribution in [1.82, 2.24) is 10.6 Å². The van der Waals surface area contributed by atoms with Crippen LogP contribution in [-0.4, -0.2) is 70.0 Å². The number of carboxylic acid groups (broad SMARTS) is 1. The number of nitrogens with two attached hydrogens (primary N) is 2. The molecule has 2 amide bonds. The van der Waals surface area contributed by atoms with Crippen molar-refractivity contribution in [2.24, 2.45) is 11.5 Å². The van der Waals surface area contributed by atoms with Crippen LogP contribution in [-0.2, 0) is 14.4 Å². The highest BCUT2D eigenvalue weighted by Gasteiger charge is 2.30. The van der Waals surface area contributed by atoms with Gasteiger partial charge in [0.2, 0.25) is 11.8 Å². The highest BCUT2D eigenvalue weighted by molar-refractivity contribution is 5.92. The summed E-state index contributed by atoms with van der Waals surface area (Å²) in [6.07, 6.45) is -1.08. The second-order valence-corrected chi connectivity index (χ2v) is 5.68. The summed E-state index contributed by atoms with van der Waals surface area (Å²) in [6.45, 7) is 2.97. The lowest BCUT2D eigenvalue weighted by Gasteiger charge is -2.24. The summed E-state index contributed by atoms with van der Waals surface area (Å²) in [5.41, 5.74) is 10.9. The summed E-state index contributed by atoms with van der Waals surface area (Å²) in [6, 6.07) is -3.77. The van der Waals surface area contributed by atoms with Gasteiger partial charge >= 0.3 is 5.97 Å². The number of aliphatic hydroxyl groups excluding tert-OH is 2. The van der Waals surface area contributed by atoms with Gasteiger partial charge in [-0.15, -0.1) is 0 Å². The van der Waals surface area contributed by atoms with Gasteiger partial charge in [0, 0.05) is 0 Å². The van der Waals surface area contributed by atoms with Crippen molar-refractivity contribution in [2.45, 2.75) is 63.4 Å². The number of aliphatic carboxylic acids is 1. The van der Waals surface area contributed by atoms with Crippen molar-refractivity contribution in [3.05, 3.63) is 0 Å². The predicted octanol–water partition coefficient (Wildman–Crippen LogP) is -2.74. The molecule has 0 saturated carbocycles. The first-order valence-corrected chi connectivity index (χ1v) is 7.77. The Morgan fingerprint density at radius 1 is 1.00 bits per heavy atom. The van der Waals surface area contributed by atoms with E-state index in [2.05, 4.69) is 10.6 Å². The van der Waals surface area contributed by atoms with Gasteiger partial charge < -0.3 is 37.4 Å². The Labute approximate surface area is 140 Å². The van der Waals surface area contributed by atoms with Crippen LogP contribution in [0.5, 0.6) is 0 Å². The van der Waals surface area contributed by atoms with Crippen LogP contribution in [0.15, 0.2) is 0 Å². The van der Waals surface area contributed by atoms with Gasteiger partial charge in [0.05, 0.1) is 12.2 Å². The quantitative estimate of drug-likeness (QED) is 0.196. The molecule has 0 aliphatic rings. The second kappa shape index (κ2) is 10.9. The number of rotatable bonds is 11. The fraction of sp³-hybridized carbons (Fsp3) is 0.786. The highest BCUT2D eigenvalue weighted by atomic mass is 16.4. The molecule has 0 aromatic carbocycles. The molecule has 24 heavy (non-hydrogen) atoms. The zero-order valence-electron chi connectivity index (χ0n) is 13.9. The van der Waals surface area contributed by atoms with Crippen LogP contribution < -0.4 is 22.1 Å². The minimum absolute atomic E-state index is 0.216. The maximum absolute atomic E-state index is 12.2. The summed E-state index contributed by atoms with van der Waals surface area (Å²) >= 11 is 0. The number of hydrogen-bond donors (Lipinski definition) is 7. The summed E-state index contributed by atoms with van der Waals surface area (Å²) in [7, 11) is 0. The van der Waals surface area contributed by atoms with Crippen LogP contribution in [0.3, 0.4) is 0 Å². The zero-order chi connectivity index (χ0) is 18.9. The van der Waals surface area contributed by atoms with Crippen molar-refractivity contribution in [3.8, 4) is 0 Å². The number of unbranched alkanes of at least 4 members (excludes halogenated alkanes) is 1. The van der Waals surface area contributed by atoms with E-state index in [1.807, 2.05) is 0 Å². The molecule has 0 radical (unpaired) electrons. The summed E-state index contributed by atoms with van der Waals surface area (Å²) in [5.74, 6) is -2.89. The lowest BCUT2D eigenvalue weighted by Crippen LogP contribution is -2.57. The van der Waals surface area contributed by atoms with Crippen LogP contribution >= 0.6 is 0 Å². The summed E-state index contributed by atoms with van der Waals surface area (Å²) < 4.78 is 0. The van der Waals surface area contributed by atoms with E-state index in [9.17, 15) is 24.6 Å². The Morgan fingerprint density at radius 2 is 1.58 bits per heavy atom. The van der Waals surface area contributed by atoms with Gasteiger partial charge in [0.25, 0.3) is 0 Å². The molecule has 9 N–H and O–H groups in total. The Bertz CT molecular complexity index is 429. The third-order valence-corrected chi connectivity index (χ3v) is 3.45. The second-order valence-electron chi connectivity index (χ2n) is 5.68. The van der Waals surface area contributed by atoms with Crippen molar-refractivity contribution in [3.63, 3.8) is 0 Å². The summed E-state index contributed by atoms with van der Waals surface area (Å²) in [4.78, 5) is 35.2. The molecule has 0 aromatic heterocycles. The number of nitrogens with one attached hydrogen (secondary N) is 2. The normalized spacial score (nSPS) is 17.2. The van der Waals surface area contributed by atoms with Crippen molar-refractivity contribution in [1.29, 1.82) is 0 Å². The third kappa shape index (κ3) is 7.68. The van der Waals surface area contributed by atoms with E-state index in [-0.39, 0.29) is 6.42 Å². The van der Waals surface area contributed by atoms with E-state index >= 15 is 0 Å². The van der Waals surface area contributed by atoms with E-state index in [1.54, 1.807) is 0 Å². The van der Waals surface area contributed by atoms with Crippen molar-refractivity contribution >= 4 is 17.8 Å². The van der Waals surface area contributed by atoms with Gasteiger partial charge in [-0.2, -0.15) is 0 Å². The monoisotopic (exact) mass is 348 g/mol. The van der Waals surface area contributed by atoms with Crippen LogP contribution in [0.4, 0.5) is 0 Å². The number of amides is 2. The van der Waals surface area contributed by atoms with Gasteiger partial charge in [0.1, 0.15) is 12.1 Å².